The molecule has 24 heavy (non-hydrogen) atoms. The van der Waals surface area contributed by atoms with E-state index in [1.807, 2.05) is 18.2 Å². The second-order valence-corrected chi connectivity index (χ2v) is 7.05. The molecule has 124 valence electrons. The summed E-state index contributed by atoms with van der Waals surface area (Å²) in [7, 11) is 0. The van der Waals surface area contributed by atoms with Crippen LogP contribution in [0.3, 0.4) is 0 Å². The Morgan fingerprint density at radius 1 is 1.25 bits per heavy atom. The number of carbonyl (C=O) groups excluding carboxylic acids is 1. The maximum absolute atomic E-state index is 12.5. The minimum atomic E-state index is -0.119. The molecule has 0 atom stereocenters. The van der Waals surface area contributed by atoms with Crippen molar-refractivity contribution in [3.63, 3.8) is 0 Å². The molecule has 0 fully saturated rings. The lowest BCUT2D eigenvalue weighted by molar-refractivity contribution is 0.102. The van der Waals surface area contributed by atoms with E-state index >= 15 is 0 Å². The van der Waals surface area contributed by atoms with E-state index in [2.05, 4.69) is 15.8 Å². The Balaban J connectivity index is 1.88. The van der Waals surface area contributed by atoms with Crippen LogP contribution in [-0.4, -0.2) is 17.2 Å². The summed E-state index contributed by atoms with van der Waals surface area (Å²) in [6.07, 6.45) is 6.08. The lowest BCUT2D eigenvalue weighted by Crippen LogP contribution is -2.24. The van der Waals surface area contributed by atoms with Crippen molar-refractivity contribution in [2.24, 2.45) is 10.8 Å². The smallest absolute Gasteiger partial charge is 0.256 e. The van der Waals surface area contributed by atoms with Crippen molar-refractivity contribution >= 4 is 45.8 Å². The molecule has 1 aliphatic carbocycles. The minimum absolute atomic E-state index is 0.116. The standard InChI is InChI=1S/C17H18N4OS2/c18-17(23)21-19-10-13-12-8-4-5-9-14(12)24-16(13)20-15(22)11-6-2-1-3-7-11/h1-3,6-7,10H,4-5,8-9H2,(H,20,22)(H3,18,21,23). The number of amides is 1. The summed E-state index contributed by atoms with van der Waals surface area (Å²) in [5.74, 6) is -0.119. The van der Waals surface area contributed by atoms with Gasteiger partial charge < -0.3 is 11.1 Å². The second kappa shape index (κ2) is 7.55. The highest BCUT2D eigenvalue weighted by atomic mass is 32.1. The monoisotopic (exact) mass is 358 g/mol. The molecule has 0 spiro atoms. The number of thiophene rings is 1. The molecule has 1 amide bonds. The van der Waals surface area contributed by atoms with E-state index in [1.54, 1.807) is 29.7 Å². The molecule has 3 rings (SSSR count). The zero-order valence-corrected chi connectivity index (χ0v) is 14.7. The average molecular weight is 358 g/mol. The van der Waals surface area contributed by atoms with Gasteiger partial charge in [0, 0.05) is 16.0 Å². The number of rotatable bonds is 4. The fourth-order valence-electron chi connectivity index (χ4n) is 2.75. The number of fused-ring (bicyclic) bond motifs is 1. The minimum Gasteiger partial charge on any atom is -0.375 e. The molecule has 1 aliphatic rings. The summed E-state index contributed by atoms with van der Waals surface area (Å²) in [5, 5.41) is 8.03. The Morgan fingerprint density at radius 3 is 2.75 bits per heavy atom. The quantitative estimate of drug-likeness (QED) is 0.446. The zero-order chi connectivity index (χ0) is 16.9. The van der Waals surface area contributed by atoms with Gasteiger partial charge >= 0.3 is 0 Å². The van der Waals surface area contributed by atoms with Gasteiger partial charge in [0.1, 0.15) is 5.00 Å². The fraction of sp³-hybridized carbons (Fsp3) is 0.235. The van der Waals surface area contributed by atoms with Crippen molar-refractivity contribution in [1.29, 1.82) is 0 Å². The van der Waals surface area contributed by atoms with E-state index in [4.69, 9.17) is 18.0 Å². The van der Waals surface area contributed by atoms with Crippen LogP contribution < -0.4 is 16.5 Å². The summed E-state index contributed by atoms with van der Waals surface area (Å²) >= 11 is 6.39. The van der Waals surface area contributed by atoms with Crippen molar-refractivity contribution in [3.8, 4) is 0 Å². The third kappa shape index (κ3) is 3.80. The van der Waals surface area contributed by atoms with Gasteiger partial charge in [0.15, 0.2) is 5.11 Å². The molecular formula is C17H18N4OS2. The van der Waals surface area contributed by atoms with E-state index in [-0.39, 0.29) is 11.0 Å². The van der Waals surface area contributed by atoms with Gasteiger partial charge in [-0.2, -0.15) is 5.10 Å². The highest BCUT2D eigenvalue weighted by Gasteiger charge is 2.21. The number of anilines is 1. The number of benzene rings is 1. The number of hydrazone groups is 1. The molecule has 1 aromatic carbocycles. The van der Waals surface area contributed by atoms with Crippen LogP contribution in [-0.2, 0) is 12.8 Å². The molecule has 0 saturated carbocycles. The van der Waals surface area contributed by atoms with E-state index in [9.17, 15) is 4.79 Å². The van der Waals surface area contributed by atoms with Crippen LogP contribution in [0.15, 0.2) is 35.4 Å². The second-order valence-electron chi connectivity index (χ2n) is 5.51. The van der Waals surface area contributed by atoms with Gasteiger partial charge in [-0.25, -0.2) is 0 Å². The topological polar surface area (TPSA) is 79.5 Å². The Bertz CT molecular complexity index is 783. The van der Waals surface area contributed by atoms with Gasteiger partial charge in [0.25, 0.3) is 5.91 Å². The number of aryl methyl sites for hydroxylation is 1. The molecule has 5 nitrogen and oxygen atoms in total. The number of hydrogen-bond acceptors (Lipinski definition) is 4. The van der Waals surface area contributed by atoms with E-state index in [1.165, 1.54) is 16.9 Å². The largest absolute Gasteiger partial charge is 0.375 e. The highest BCUT2D eigenvalue weighted by molar-refractivity contribution is 7.80. The van der Waals surface area contributed by atoms with E-state index in [0.717, 1.165) is 29.8 Å². The molecule has 1 aromatic heterocycles. The molecule has 4 N–H and O–H groups in total. The van der Waals surface area contributed by atoms with E-state index < -0.39 is 0 Å². The summed E-state index contributed by atoms with van der Waals surface area (Å²) in [5.41, 5.74) is 10.8. The van der Waals surface area contributed by atoms with Gasteiger partial charge in [-0.1, -0.05) is 18.2 Å². The van der Waals surface area contributed by atoms with Crippen molar-refractivity contribution < 1.29 is 4.79 Å². The molecule has 0 saturated heterocycles. The Morgan fingerprint density at radius 2 is 2.00 bits per heavy atom. The van der Waals surface area contributed by atoms with Gasteiger partial charge in [-0.15, -0.1) is 11.3 Å². The molecule has 1 heterocycles. The maximum atomic E-state index is 12.5. The number of nitrogens with zero attached hydrogens (tertiary/aromatic N) is 1. The predicted octanol–water partition coefficient (Wildman–Crippen LogP) is 3.05. The van der Waals surface area contributed by atoms with Gasteiger partial charge in [-0.3, -0.25) is 10.2 Å². The normalized spacial score (nSPS) is 13.5. The third-order valence-electron chi connectivity index (χ3n) is 3.84. The lowest BCUT2D eigenvalue weighted by atomic mass is 9.96. The lowest BCUT2D eigenvalue weighted by Gasteiger charge is -2.11. The summed E-state index contributed by atoms with van der Waals surface area (Å²) in [6.45, 7) is 0. The molecule has 0 radical (unpaired) electrons. The SMILES string of the molecule is NC(=S)NN=Cc1c(NC(=O)c2ccccc2)sc2c1CCCC2. The highest BCUT2D eigenvalue weighted by Crippen LogP contribution is 2.37. The van der Waals surface area contributed by atoms with Crippen molar-refractivity contribution in [2.45, 2.75) is 25.7 Å². The Hall–Kier alpha value is -2.25. The van der Waals surface area contributed by atoms with Crippen LogP contribution >= 0.6 is 23.6 Å². The first-order chi connectivity index (χ1) is 11.6. The maximum Gasteiger partial charge on any atom is 0.256 e. The summed E-state index contributed by atoms with van der Waals surface area (Å²) in [6, 6.07) is 9.18. The first kappa shape index (κ1) is 16.6. The van der Waals surface area contributed by atoms with Crippen LogP contribution in [0.25, 0.3) is 0 Å². The third-order valence-corrected chi connectivity index (χ3v) is 5.16. The molecule has 2 aromatic rings. The fourth-order valence-corrected chi connectivity index (χ4v) is 4.06. The molecule has 0 unspecified atom stereocenters. The number of nitrogens with two attached hydrogens (primary N) is 1. The molecule has 7 heteroatoms. The van der Waals surface area contributed by atoms with Gasteiger partial charge in [0.2, 0.25) is 0 Å². The first-order valence-electron chi connectivity index (χ1n) is 7.74. The molecular weight excluding hydrogens is 340 g/mol. The number of nitrogens with one attached hydrogen (secondary N) is 2. The van der Waals surface area contributed by atoms with Crippen LogP contribution in [0.2, 0.25) is 0 Å². The number of carbonyl (C=O) groups is 1. The first-order valence-corrected chi connectivity index (χ1v) is 8.97. The van der Waals surface area contributed by atoms with Crippen molar-refractivity contribution in [2.75, 3.05) is 5.32 Å². The van der Waals surface area contributed by atoms with Crippen LogP contribution in [0.4, 0.5) is 5.00 Å². The Labute approximate surface area is 150 Å². The zero-order valence-electron chi connectivity index (χ0n) is 13.0. The Kier molecular flexibility index (Phi) is 5.22. The van der Waals surface area contributed by atoms with Crippen LogP contribution in [0.1, 0.15) is 39.2 Å². The van der Waals surface area contributed by atoms with Gasteiger partial charge in [-0.05, 0) is 55.6 Å². The van der Waals surface area contributed by atoms with Gasteiger partial charge in [0.05, 0.1) is 6.21 Å². The molecule has 0 aliphatic heterocycles. The van der Waals surface area contributed by atoms with Crippen molar-refractivity contribution in [3.05, 3.63) is 51.9 Å². The predicted molar refractivity (Wildman–Crippen MR) is 103 cm³/mol. The van der Waals surface area contributed by atoms with E-state index in [0.29, 0.717) is 5.56 Å². The number of thiocarbonyl (C=S) groups is 1. The average Bonchev–Trinajstić information content (AvgIpc) is 2.93. The summed E-state index contributed by atoms with van der Waals surface area (Å²) < 4.78 is 0. The van der Waals surface area contributed by atoms with Crippen LogP contribution in [0.5, 0.6) is 0 Å². The van der Waals surface area contributed by atoms with Crippen molar-refractivity contribution in [1.82, 2.24) is 5.43 Å². The number of hydrogen-bond donors (Lipinski definition) is 3. The summed E-state index contributed by atoms with van der Waals surface area (Å²) in [4.78, 5) is 13.8. The van der Waals surface area contributed by atoms with Crippen LogP contribution in [0, 0.1) is 0 Å². The molecule has 0 bridgehead atoms.